The first-order valence-corrected chi connectivity index (χ1v) is 4.40. The van der Waals surface area contributed by atoms with Gasteiger partial charge < -0.3 is 15.1 Å². The predicted octanol–water partition coefficient (Wildman–Crippen LogP) is -0.0899. The first kappa shape index (κ1) is 8.31. The summed E-state index contributed by atoms with van der Waals surface area (Å²) in [5.41, 5.74) is 0. The van der Waals surface area contributed by atoms with Crippen LogP contribution in [0.25, 0.3) is 0 Å². The fourth-order valence-corrected chi connectivity index (χ4v) is 1.44. The lowest BCUT2D eigenvalue weighted by Gasteiger charge is -2.22. The Morgan fingerprint density at radius 3 is 3.15 bits per heavy atom. The number of nitrogens with one attached hydrogen (secondary N) is 2. The lowest BCUT2D eigenvalue weighted by molar-refractivity contribution is -0.124. The van der Waals surface area contributed by atoms with Gasteiger partial charge in [0.1, 0.15) is 5.76 Å². The van der Waals surface area contributed by atoms with Gasteiger partial charge in [0.05, 0.1) is 12.3 Å². The third kappa shape index (κ3) is 1.89. The van der Waals surface area contributed by atoms with E-state index in [0.29, 0.717) is 13.0 Å². The van der Waals surface area contributed by atoms with Crippen LogP contribution in [0.2, 0.25) is 0 Å². The zero-order valence-electron chi connectivity index (χ0n) is 7.25. The number of hydrogen-bond acceptors (Lipinski definition) is 3. The molecular formula is C9H12N2O2. The summed E-state index contributed by atoms with van der Waals surface area (Å²) in [6.07, 6.45) is 2.24. The van der Waals surface area contributed by atoms with Gasteiger partial charge in [0.2, 0.25) is 5.91 Å². The molecule has 0 aliphatic carbocycles. The van der Waals surface area contributed by atoms with E-state index >= 15 is 0 Å². The summed E-state index contributed by atoms with van der Waals surface area (Å²) in [6, 6.07) is 3.57. The molecule has 2 heterocycles. The maximum atomic E-state index is 11.3. The van der Waals surface area contributed by atoms with E-state index in [1.54, 1.807) is 6.26 Å². The Balaban J connectivity index is 1.97. The first-order chi connectivity index (χ1) is 6.36. The predicted molar refractivity (Wildman–Crippen MR) is 47.2 cm³/mol. The van der Waals surface area contributed by atoms with Crippen LogP contribution < -0.4 is 10.6 Å². The van der Waals surface area contributed by atoms with Gasteiger partial charge >= 0.3 is 0 Å². The van der Waals surface area contributed by atoms with E-state index in [4.69, 9.17) is 4.42 Å². The van der Waals surface area contributed by atoms with Crippen molar-refractivity contribution in [1.82, 2.24) is 10.6 Å². The Kier molecular flexibility index (Phi) is 2.31. The van der Waals surface area contributed by atoms with Crippen LogP contribution in [-0.4, -0.2) is 25.0 Å². The quantitative estimate of drug-likeness (QED) is 0.668. The molecule has 0 spiro atoms. The van der Waals surface area contributed by atoms with Crippen molar-refractivity contribution >= 4 is 5.91 Å². The highest BCUT2D eigenvalue weighted by atomic mass is 16.3. The molecule has 1 aliphatic heterocycles. The minimum atomic E-state index is -0.139. The van der Waals surface area contributed by atoms with Crippen molar-refractivity contribution in [1.29, 1.82) is 0 Å². The molecule has 0 radical (unpaired) electrons. The van der Waals surface area contributed by atoms with Crippen LogP contribution in [0.3, 0.4) is 0 Å². The van der Waals surface area contributed by atoms with Crippen molar-refractivity contribution < 1.29 is 9.21 Å². The number of carbonyl (C=O) groups is 1. The van der Waals surface area contributed by atoms with Crippen LogP contribution in [0, 0.1) is 0 Å². The molecule has 0 unspecified atom stereocenters. The number of hydrogen-bond donors (Lipinski definition) is 2. The largest absolute Gasteiger partial charge is 0.469 e. The van der Waals surface area contributed by atoms with E-state index in [0.717, 1.165) is 12.3 Å². The van der Waals surface area contributed by atoms with Crippen LogP contribution in [0.5, 0.6) is 0 Å². The number of piperazine rings is 1. The van der Waals surface area contributed by atoms with E-state index in [2.05, 4.69) is 10.6 Å². The number of furan rings is 1. The molecule has 4 nitrogen and oxygen atoms in total. The molecule has 2 rings (SSSR count). The minimum Gasteiger partial charge on any atom is -0.469 e. The Labute approximate surface area is 76.3 Å². The van der Waals surface area contributed by atoms with Gasteiger partial charge in [0, 0.05) is 19.5 Å². The topological polar surface area (TPSA) is 54.3 Å². The number of amides is 1. The summed E-state index contributed by atoms with van der Waals surface area (Å²) < 4.78 is 5.16. The molecule has 13 heavy (non-hydrogen) atoms. The average Bonchev–Trinajstić information content (AvgIpc) is 2.61. The number of carbonyl (C=O) groups excluding carboxylic acids is 1. The van der Waals surface area contributed by atoms with Crippen molar-refractivity contribution in [2.45, 2.75) is 12.5 Å². The minimum absolute atomic E-state index is 0.0580. The second-order valence-electron chi connectivity index (χ2n) is 3.08. The SMILES string of the molecule is O=C1NCCN[C@@H]1Cc1ccco1. The molecule has 4 heteroatoms. The van der Waals surface area contributed by atoms with Gasteiger partial charge in [-0.3, -0.25) is 4.79 Å². The maximum absolute atomic E-state index is 11.3. The van der Waals surface area contributed by atoms with Gasteiger partial charge in [-0.25, -0.2) is 0 Å². The van der Waals surface area contributed by atoms with Gasteiger partial charge in [-0.05, 0) is 12.1 Å². The smallest absolute Gasteiger partial charge is 0.237 e. The van der Waals surface area contributed by atoms with Crippen LogP contribution in [0.15, 0.2) is 22.8 Å². The van der Waals surface area contributed by atoms with Gasteiger partial charge in [-0.2, -0.15) is 0 Å². The Bertz CT molecular complexity index is 282. The fourth-order valence-electron chi connectivity index (χ4n) is 1.44. The van der Waals surface area contributed by atoms with Gasteiger partial charge in [-0.1, -0.05) is 0 Å². The van der Waals surface area contributed by atoms with Crippen LogP contribution in [0.4, 0.5) is 0 Å². The normalized spacial score (nSPS) is 22.8. The summed E-state index contributed by atoms with van der Waals surface area (Å²) in [5.74, 6) is 0.900. The molecule has 1 saturated heterocycles. The van der Waals surface area contributed by atoms with Crippen molar-refractivity contribution in [2.75, 3.05) is 13.1 Å². The zero-order valence-corrected chi connectivity index (χ0v) is 7.25. The Morgan fingerprint density at radius 2 is 2.46 bits per heavy atom. The van der Waals surface area contributed by atoms with Crippen molar-refractivity contribution in [3.63, 3.8) is 0 Å². The lowest BCUT2D eigenvalue weighted by Crippen LogP contribution is -2.53. The Hall–Kier alpha value is -1.29. The summed E-state index contributed by atoms with van der Waals surface area (Å²) in [4.78, 5) is 11.3. The Morgan fingerprint density at radius 1 is 1.54 bits per heavy atom. The third-order valence-corrected chi connectivity index (χ3v) is 2.12. The molecule has 1 aromatic rings. The highest BCUT2D eigenvalue weighted by Crippen LogP contribution is 2.05. The molecule has 0 bridgehead atoms. The molecule has 2 N–H and O–H groups in total. The van der Waals surface area contributed by atoms with Crippen molar-refractivity contribution in [2.24, 2.45) is 0 Å². The van der Waals surface area contributed by atoms with Crippen LogP contribution in [0.1, 0.15) is 5.76 Å². The lowest BCUT2D eigenvalue weighted by atomic mass is 10.1. The van der Waals surface area contributed by atoms with Crippen molar-refractivity contribution in [3.05, 3.63) is 24.2 Å². The standard InChI is InChI=1S/C9H12N2O2/c12-9-8(10-3-4-11-9)6-7-2-1-5-13-7/h1-2,5,8,10H,3-4,6H2,(H,11,12)/t8-/m1/s1. The maximum Gasteiger partial charge on any atom is 0.237 e. The molecular weight excluding hydrogens is 168 g/mol. The molecule has 1 fully saturated rings. The van der Waals surface area contributed by atoms with Crippen LogP contribution >= 0.6 is 0 Å². The van der Waals surface area contributed by atoms with Crippen LogP contribution in [-0.2, 0) is 11.2 Å². The highest BCUT2D eigenvalue weighted by molar-refractivity contribution is 5.82. The molecule has 1 aliphatic rings. The average molecular weight is 180 g/mol. The van der Waals surface area contributed by atoms with Gasteiger partial charge in [0.25, 0.3) is 0 Å². The molecule has 0 saturated carbocycles. The molecule has 1 amide bonds. The highest BCUT2D eigenvalue weighted by Gasteiger charge is 2.22. The zero-order chi connectivity index (χ0) is 9.10. The van der Waals surface area contributed by atoms with E-state index in [1.165, 1.54) is 0 Å². The van der Waals surface area contributed by atoms with E-state index < -0.39 is 0 Å². The van der Waals surface area contributed by atoms with E-state index in [-0.39, 0.29) is 11.9 Å². The summed E-state index contributed by atoms with van der Waals surface area (Å²) in [7, 11) is 0. The number of rotatable bonds is 2. The van der Waals surface area contributed by atoms with E-state index in [9.17, 15) is 4.79 Å². The second-order valence-corrected chi connectivity index (χ2v) is 3.08. The fraction of sp³-hybridized carbons (Fsp3) is 0.444. The third-order valence-electron chi connectivity index (χ3n) is 2.12. The molecule has 1 aromatic heterocycles. The summed E-state index contributed by atoms with van der Waals surface area (Å²) in [5, 5.41) is 5.94. The first-order valence-electron chi connectivity index (χ1n) is 4.40. The summed E-state index contributed by atoms with van der Waals surface area (Å²) >= 11 is 0. The molecule has 0 aromatic carbocycles. The molecule has 1 atom stereocenters. The monoisotopic (exact) mass is 180 g/mol. The second kappa shape index (κ2) is 3.62. The van der Waals surface area contributed by atoms with Gasteiger partial charge in [0.15, 0.2) is 0 Å². The summed E-state index contributed by atoms with van der Waals surface area (Å²) in [6.45, 7) is 1.55. The molecule has 70 valence electrons. The van der Waals surface area contributed by atoms with Crippen molar-refractivity contribution in [3.8, 4) is 0 Å². The van der Waals surface area contributed by atoms with Gasteiger partial charge in [-0.15, -0.1) is 0 Å². The van der Waals surface area contributed by atoms with E-state index in [1.807, 2.05) is 12.1 Å².